The van der Waals surface area contributed by atoms with Gasteiger partial charge in [0.1, 0.15) is 5.75 Å². The Bertz CT molecular complexity index is 862. The lowest BCUT2D eigenvalue weighted by atomic mass is 9.81. The van der Waals surface area contributed by atoms with E-state index >= 15 is 0 Å². The number of phenolic OH excluding ortho intramolecular Hbond substituents is 1. The summed E-state index contributed by atoms with van der Waals surface area (Å²) in [6.45, 7) is 10.3. The van der Waals surface area contributed by atoms with Gasteiger partial charge in [-0.05, 0) is 62.0 Å². The van der Waals surface area contributed by atoms with Crippen molar-refractivity contribution in [3.63, 3.8) is 0 Å². The molecule has 0 heterocycles. The first kappa shape index (κ1) is 21.4. The number of benzene rings is 2. The van der Waals surface area contributed by atoms with Crippen LogP contribution in [0.15, 0.2) is 48.5 Å². The molecule has 3 N–H and O–H groups in total. The Hall–Kier alpha value is -2.33. The fourth-order valence-corrected chi connectivity index (χ4v) is 5.09. The summed E-state index contributed by atoms with van der Waals surface area (Å²) in [5.41, 5.74) is 8.54. The molecule has 3 rings (SSSR count). The van der Waals surface area contributed by atoms with Gasteiger partial charge in [0.25, 0.3) is 0 Å². The van der Waals surface area contributed by atoms with Crippen LogP contribution in [0.1, 0.15) is 50.3 Å². The number of primary amides is 1. The van der Waals surface area contributed by atoms with Gasteiger partial charge in [0.15, 0.2) is 0 Å². The van der Waals surface area contributed by atoms with E-state index < -0.39 is 5.41 Å². The van der Waals surface area contributed by atoms with Crippen molar-refractivity contribution < 1.29 is 9.90 Å². The van der Waals surface area contributed by atoms with Gasteiger partial charge < -0.3 is 15.7 Å². The molecular formula is C25H34N2O2. The zero-order chi connectivity index (χ0) is 21.2. The van der Waals surface area contributed by atoms with E-state index in [2.05, 4.69) is 37.8 Å². The summed E-state index contributed by atoms with van der Waals surface area (Å²) in [6.07, 6.45) is 2.38. The Morgan fingerprint density at radius 3 is 2.38 bits per heavy atom. The minimum Gasteiger partial charge on any atom is -0.508 e. The number of aryl methyl sites for hydroxylation is 1. The lowest BCUT2D eigenvalue weighted by Crippen LogP contribution is -2.43. The average Bonchev–Trinajstić information content (AvgIpc) is 3.33. The van der Waals surface area contributed by atoms with Crippen LogP contribution in [0.5, 0.6) is 5.75 Å². The van der Waals surface area contributed by atoms with Crippen LogP contribution >= 0.6 is 0 Å². The first-order chi connectivity index (χ1) is 13.8. The van der Waals surface area contributed by atoms with E-state index in [1.807, 2.05) is 37.3 Å². The number of phenols is 1. The van der Waals surface area contributed by atoms with Gasteiger partial charge in [-0.1, -0.05) is 63.2 Å². The minimum absolute atomic E-state index is 0.192. The first-order valence-corrected chi connectivity index (χ1v) is 10.7. The lowest BCUT2D eigenvalue weighted by Gasteiger charge is -2.34. The number of nitrogens with two attached hydrogens (primary N) is 1. The molecule has 1 amide bonds. The molecule has 2 unspecified atom stereocenters. The standard InChI is InChI=1S/C25H34N2O2/c1-5-27(6-2)21(15-19-12-13-22(28)18(3)14-19)16-25(23(26)29)17-24(25,4)20-10-8-7-9-11-20/h7-14,21,28H,5-6,15-17H2,1-4H3,(H2,26,29)/t21-,24?,25?/m0/s1. The van der Waals surface area contributed by atoms with E-state index in [0.717, 1.165) is 37.9 Å². The molecule has 4 heteroatoms. The highest BCUT2D eigenvalue weighted by Crippen LogP contribution is 2.67. The second-order valence-corrected chi connectivity index (χ2v) is 8.73. The van der Waals surface area contributed by atoms with Gasteiger partial charge in [-0.15, -0.1) is 0 Å². The number of aromatic hydroxyl groups is 1. The predicted octanol–water partition coefficient (Wildman–Crippen LogP) is 4.18. The van der Waals surface area contributed by atoms with Crippen molar-refractivity contribution in [1.82, 2.24) is 4.90 Å². The number of hydrogen-bond donors (Lipinski definition) is 2. The SMILES string of the molecule is CCN(CC)[C@@H](Cc1ccc(O)c(C)c1)CC1(C(N)=O)CC1(C)c1ccccc1. The van der Waals surface area contributed by atoms with Crippen LogP contribution in [-0.2, 0) is 16.6 Å². The van der Waals surface area contributed by atoms with Gasteiger partial charge in [0.2, 0.25) is 5.91 Å². The highest BCUT2D eigenvalue weighted by Gasteiger charge is 2.69. The third kappa shape index (κ3) is 3.91. The molecule has 0 radical (unpaired) electrons. The number of likely N-dealkylation sites (N-methyl/N-ethyl adjacent to an activating group) is 1. The van der Waals surface area contributed by atoms with Crippen LogP contribution in [0, 0.1) is 12.3 Å². The molecular weight excluding hydrogens is 360 g/mol. The highest BCUT2D eigenvalue weighted by molar-refractivity contribution is 5.87. The lowest BCUT2D eigenvalue weighted by molar-refractivity contribution is -0.124. The van der Waals surface area contributed by atoms with Crippen molar-refractivity contribution in [2.24, 2.45) is 11.1 Å². The zero-order valence-electron chi connectivity index (χ0n) is 18.1. The zero-order valence-corrected chi connectivity index (χ0v) is 18.1. The largest absolute Gasteiger partial charge is 0.508 e. The van der Waals surface area contributed by atoms with Gasteiger partial charge in [-0.2, -0.15) is 0 Å². The predicted molar refractivity (Wildman–Crippen MR) is 118 cm³/mol. The summed E-state index contributed by atoms with van der Waals surface area (Å²) in [7, 11) is 0. The number of amides is 1. The van der Waals surface area contributed by atoms with Crippen LogP contribution in [0.4, 0.5) is 0 Å². The molecule has 156 valence electrons. The van der Waals surface area contributed by atoms with Gasteiger partial charge >= 0.3 is 0 Å². The topological polar surface area (TPSA) is 66.6 Å². The van der Waals surface area contributed by atoms with Gasteiger partial charge in [0, 0.05) is 11.5 Å². The van der Waals surface area contributed by atoms with Crippen LogP contribution < -0.4 is 5.73 Å². The average molecular weight is 395 g/mol. The minimum atomic E-state index is -0.520. The number of hydrogen-bond acceptors (Lipinski definition) is 3. The smallest absolute Gasteiger partial charge is 0.224 e. The van der Waals surface area contributed by atoms with E-state index in [1.165, 1.54) is 11.1 Å². The molecule has 3 atom stereocenters. The summed E-state index contributed by atoms with van der Waals surface area (Å²) < 4.78 is 0. The molecule has 2 aromatic rings. The maximum Gasteiger partial charge on any atom is 0.224 e. The van der Waals surface area contributed by atoms with Gasteiger partial charge in [-0.25, -0.2) is 0 Å². The Morgan fingerprint density at radius 2 is 1.83 bits per heavy atom. The second-order valence-electron chi connectivity index (χ2n) is 8.73. The van der Waals surface area contributed by atoms with E-state index in [0.29, 0.717) is 5.75 Å². The summed E-state index contributed by atoms with van der Waals surface area (Å²) in [5.74, 6) is 0.128. The van der Waals surface area contributed by atoms with Gasteiger partial charge in [-0.3, -0.25) is 4.79 Å². The van der Waals surface area contributed by atoms with Crippen LogP contribution in [0.2, 0.25) is 0 Å². The Kier molecular flexibility index (Phi) is 6.04. The molecule has 1 fully saturated rings. The number of carbonyl (C=O) groups is 1. The van der Waals surface area contributed by atoms with E-state index in [9.17, 15) is 9.90 Å². The molecule has 1 saturated carbocycles. The molecule has 1 aliphatic rings. The van der Waals surface area contributed by atoms with Crippen molar-refractivity contribution >= 4 is 5.91 Å². The maximum absolute atomic E-state index is 12.7. The summed E-state index contributed by atoms with van der Waals surface area (Å²) >= 11 is 0. The fourth-order valence-electron chi connectivity index (χ4n) is 5.09. The molecule has 0 bridgehead atoms. The van der Waals surface area contributed by atoms with Crippen molar-refractivity contribution in [3.05, 3.63) is 65.2 Å². The molecule has 29 heavy (non-hydrogen) atoms. The summed E-state index contributed by atoms with van der Waals surface area (Å²) in [5, 5.41) is 9.87. The summed E-state index contributed by atoms with van der Waals surface area (Å²) in [4.78, 5) is 15.2. The molecule has 0 saturated heterocycles. The monoisotopic (exact) mass is 394 g/mol. The molecule has 0 aromatic heterocycles. The van der Waals surface area contributed by atoms with Crippen molar-refractivity contribution in [1.29, 1.82) is 0 Å². The van der Waals surface area contributed by atoms with Crippen LogP contribution in [-0.4, -0.2) is 35.0 Å². The van der Waals surface area contributed by atoms with Crippen molar-refractivity contribution in [2.75, 3.05) is 13.1 Å². The Morgan fingerprint density at radius 1 is 1.17 bits per heavy atom. The molecule has 2 aromatic carbocycles. The molecule has 0 aliphatic heterocycles. The Labute approximate surface area is 174 Å². The quantitative estimate of drug-likeness (QED) is 0.671. The summed E-state index contributed by atoms with van der Waals surface area (Å²) in [6, 6.07) is 16.3. The number of nitrogens with zero attached hydrogens (tertiary/aromatic N) is 1. The van der Waals surface area contributed by atoms with Crippen LogP contribution in [0.3, 0.4) is 0 Å². The highest BCUT2D eigenvalue weighted by atomic mass is 16.3. The van der Waals surface area contributed by atoms with E-state index in [-0.39, 0.29) is 17.4 Å². The van der Waals surface area contributed by atoms with Crippen molar-refractivity contribution in [3.8, 4) is 5.75 Å². The van der Waals surface area contributed by atoms with E-state index in [4.69, 9.17) is 5.73 Å². The number of carbonyl (C=O) groups excluding carboxylic acids is 1. The fraction of sp³-hybridized carbons (Fsp3) is 0.480. The first-order valence-electron chi connectivity index (χ1n) is 10.7. The maximum atomic E-state index is 12.7. The van der Waals surface area contributed by atoms with Crippen LogP contribution in [0.25, 0.3) is 0 Å². The molecule has 0 spiro atoms. The van der Waals surface area contributed by atoms with Gasteiger partial charge in [0.05, 0.1) is 5.41 Å². The second kappa shape index (κ2) is 8.19. The third-order valence-electron chi connectivity index (χ3n) is 7.11. The van der Waals surface area contributed by atoms with Crippen molar-refractivity contribution in [2.45, 2.75) is 58.4 Å². The normalized spacial score (nSPS) is 24.4. The third-order valence-corrected chi connectivity index (χ3v) is 7.11. The molecule has 1 aliphatic carbocycles. The number of rotatable bonds is 9. The Balaban J connectivity index is 1.91. The van der Waals surface area contributed by atoms with E-state index in [1.54, 1.807) is 6.07 Å². The molecule has 4 nitrogen and oxygen atoms in total.